The van der Waals surface area contributed by atoms with E-state index in [9.17, 15) is 22.8 Å². The third-order valence-electron chi connectivity index (χ3n) is 4.49. The number of halogens is 4. The molecule has 0 fully saturated rings. The van der Waals surface area contributed by atoms with Crippen LogP contribution >= 0.6 is 11.6 Å². The molecule has 1 amide bonds. The highest BCUT2D eigenvalue weighted by Gasteiger charge is 2.31. The van der Waals surface area contributed by atoms with Crippen LogP contribution in [0.1, 0.15) is 29.4 Å². The van der Waals surface area contributed by atoms with Crippen LogP contribution in [0.2, 0.25) is 5.02 Å². The fraction of sp³-hybridized carbons (Fsp3) is 0.273. The molecule has 3 rings (SSSR count). The molecule has 2 aromatic carbocycles. The van der Waals surface area contributed by atoms with Crippen LogP contribution in [0.15, 0.2) is 48.5 Å². The van der Waals surface area contributed by atoms with E-state index in [2.05, 4.69) is 10.1 Å². The lowest BCUT2D eigenvalue weighted by Crippen LogP contribution is -2.28. The van der Waals surface area contributed by atoms with Crippen molar-refractivity contribution in [3.63, 3.8) is 0 Å². The van der Waals surface area contributed by atoms with Crippen LogP contribution in [-0.4, -0.2) is 36.0 Å². The number of ether oxygens (including phenoxy) is 2. The Morgan fingerprint density at radius 2 is 1.91 bits per heavy atom. The standard InChI is InChI=1S/C22H20ClF3N2O4/c1-2-31-20(29)8-9-27-21(30)19-12-15-11-16(23)6-7-18(15)28(19)13-14-4-3-5-17(10-14)32-22(24,25)26/h3-7,10-12H,2,8-9,13H2,1H3,(H,27,30). The van der Waals surface area contributed by atoms with E-state index in [0.717, 1.165) is 0 Å². The molecule has 1 heterocycles. The second-order valence-corrected chi connectivity index (χ2v) is 7.26. The minimum atomic E-state index is -4.81. The molecule has 0 saturated carbocycles. The molecule has 0 unspecified atom stereocenters. The molecule has 1 aromatic heterocycles. The quantitative estimate of drug-likeness (QED) is 0.476. The van der Waals surface area contributed by atoms with Gasteiger partial charge in [-0.2, -0.15) is 0 Å². The molecule has 0 radical (unpaired) electrons. The Bertz CT molecular complexity index is 1130. The molecular formula is C22H20ClF3N2O4. The van der Waals surface area contributed by atoms with Crippen LogP contribution in [0.3, 0.4) is 0 Å². The first kappa shape index (κ1) is 23.5. The Morgan fingerprint density at radius 1 is 1.12 bits per heavy atom. The summed E-state index contributed by atoms with van der Waals surface area (Å²) in [4.78, 5) is 24.3. The van der Waals surface area contributed by atoms with Gasteiger partial charge in [0, 0.05) is 29.0 Å². The monoisotopic (exact) mass is 468 g/mol. The van der Waals surface area contributed by atoms with Gasteiger partial charge < -0.3 is 19.4 Å². The molecule has 0 aliphatic carbocycles. The summed E-state index contributed by atoms with van der Waals surface area (Å²) in [5.74, 6) is -1.22. The van der Waals surface area contributed by atoms with Gasteiger partial charge in [0.1, 0.15) is 11.4 Å². The van der Waals surface area contributed by atoms with Gasteiger partial charge in [-0.15, -0.1) is 13.2 Å². The van der Waals surface area contributed by atoms with Gasteiger partial charge in [-0.3, -0.25) is 9.59 Å². The highest BCUT2D eigenvalue weighted by Crippen LogP contribution is 2.27. The van der Waals surface area contributed by atoms with E-state index in [1.807, 2.05) is 0 Å². The third-order valence-corrected chi connectivity index (χ3v) is 4.72. The molecule has 0 aliphatic heterocycles. The van der Waals surface area contributed by atoms with E-state index in [1.165, 1.54) is 18.2 Å². The van der Waals surface area contributed by atoms with Gasteiger partial charge in [0.05, 0.1) is 13.0 Å². The van der Waals surface area contributed by atoms with Gasteiger partial charge in [0.25, 0.3) is 5.91 Å². The highest BCUT2D eigenvalue weighted by molar-refractivity contribution is 6.31. The van der Waals surface area contributed by atoms with Crippen molar-refractivity contribution >= 4 is 34.4 Å². The van der Waals surface area contributed by atoms with E-state index < -0.39 is 18.2 Å². The van der Waals surface area contributed by atoms with Crippen molar-refractivity contribution in [1.29, 1.82) is 0 Å². The number of benzene rings is 2. The van der Waals surface area contributed by atoms with Crippen LogP contribution in [0.5, 0.6) is 5.75 Å². The predicted molar refractivity (Wildman–Crippen MR) is 113 cm³/mol. The lowest BCUT2D eigenvalue weighted by Gasteiger charge is -2.13. The zero-order chi connectivity index (χ0) is 23.3. The first-order valence-electron chi connectivity index (χ1n) is 9.73. The number of fused-ring (bicyclic) bond motifs is 1. The average Bonchev–Trinajstić information content (AvgIpc) is 3.04. The van der Waals surface area contributed by atoms with Gasteiger partial charge in [-0.25, -0.2) is 0 Å². The van der Waals surface area contributed by atoms with Gasteiger partial charge >= 0.3 is 12.3 Å². The number of rotatable bonds is 8. The molecule has 0 aliphatic rings. The van der Waals surface area contributed by atoms with Crippen LogP contribution in [0.4, 0.5) is 13.2 Å². The van der Waals surface area contributed by atoms with E-state index in [4.69, 9.17) is 16.3 Å². The molecule has 0 saturated heterocycles. The first-order chi connectivity index (χ1) is 15.2. The number of amides is 1. The maximum absolute atomic E-state index is 12.8. The molecule has 0 bridgehead atoms. The topological polar surface area (TPSA) is 69.6 Å². The van der Waals surface area contributed by atoms with Crippen molar-refractivity contribution in [2.45, 2.75) is 26.3 Å². The maximum Gasteiger partial charge on any atom is 0.573 e. The zero-order valence-electron chi connectivity index (χ0n) is 17.0. The third kappa shape index (κ3) is 6.16. The summed E-state index contributed by atoms with van der Waals surface area (Å²) in [6.07, 6.45) is -4.79. The minimum absolute atomic E-state index is 0.0163. The molecule has 0 atom stereocenters. The van der Waals surface area contributed by atoms with Crippen molar-refractivity contribution in [3.05, 3.63) is 64.8 Å². The van der Waals surface area contributed by atoms with E-state index in [1.54, 1.807) is 41.8 Å². The normalized spacial score (nSPS) is 11.4. The van der Waals surface area contributed by atoms with Gasteiger partial charge in [-0.1, -0.05) is 23.7 Å². The Labute approximate surface area is 186 Å². The number of alkyl halides is 3. The number of nitrogens with zero attached hydrogens (tertiary/aromatic N) is 1. The highest BCUT2D eigenvalue weighted by atomic mass is 35.5. The van der Waals surface area contributed by atoms with Crippen molar-refractivity contribution in [2.24, 2.45) is 0 Å². The molecular weight excluding hydrogens is 449 g/mol. The first-order valence-corrected chi connectivity index (χ1v) is 10.1. The predicted octanol–water partition coefficient (Wildman–Crippen LogP) is 4.92. The Hall–Kier alpha value is -3.20. The van der Waals surface area contributed by atoms with Gasteiger partial charge in [0.15, 0.2) is 0 Å². The number of hydrogen-bond acceptors (Lipinski definition) is 4. The number of esters is 1. The van der Waals surface area contributed by atoms with Crippen LogP contribution < -0.4 is 10.1 Å². The largest absolute Gasteiger partial charge is 0.573 e. The van der Waals surface area contributed by atoms with Crippen LogP contribution in [0, 0.1) is 0 Å². The SMILES string of the molecule is CCOC(=O)CCNC(=O)c1cc2cc(Cl)ccc2n1Cc1cccc(OC(F)(F)F)c1. The van der Waals surface area contributed by atoms with E-state index in [-0.39, 0.29) is 37.6 Å². The molecule has 10 heteroatoms. The molecule has 1 N–H and O–H groups in total. The number of carbonyl (C=O) groups is 2. The van der Waals surface area contributed by atoms with E-state index in [0.29, 0.717) is 21.5 Å². The van der Waals surface area contributed by atoms with Crippen molar-refractivity contribution in [1.82, 2.24) is 9.88 Å². The van der Waals surface area contributed by atoms with E-state index >= 15 is 0 Å². The lowest BCUT2D eigenvalue weighted by molar-refractivity contribution is -0.274. The summed E-state index contributed by atoms with van der Waals surface area (Å²) in [6.45, 7) is 2.13. The van der Waals surface area contributed by atoms with Crippen molar-refractivity contribution in [2.75, 3.05) is 13.2 Å². The Balaban J connectivity index is 1.88. The Morgan fingerprint density at radius 3 is 2.62 bits per heavy atom. The van der Waals surface area contributed by atoms with Crippen molar-refractivity contribution in [3.8, 4) is 5.75 Å². The number of hydrogen-bond donors (Lipinski definition) is 1. The second-order valence-electron chi connectivity index (χ2n) is 6.82. The maximum atomic E-state index is 12.8. The fourth-order valence-electron chi connectivity index (χ4n) is 3.23. The minimum Gasteiger partial charge on any atom is -0.466 e. The summed E-state index contributed by atoms with van der Waals surface area (Å²) in [6, 6.07) is 12.2. The van der Waals surface area contributed by atoms with Gasteiger partial charge in [0.2, 0.25) is 0 Å². The summed E-state index contributed by atoms with van der Waals surface area (Å²) in [7, 11) is 0. The van der Waals surface area contributed by atoms with Gasteiger partial charge in [-0.05, 0) is 48.9 Å². The number of aromatic nitrogens is 1. The second kappa shape index (κ2) is 9.95. The molecule has 170 valence electrons. The zero-order valence-corrected chi connectivity index (χ0v) is 17.8. The summed E-state index contributed by atoms with van der Waals surface area (Å²) >= 11 is 6.07. The molecule has 0 spiro atoms. The summed E-state index contributed by atoms with van der Waals surface area (Å²) in [5, 5.41) is 3.83. The molecule has 32 heavy (non-hydrogen) atoms. The smallest absolute Gasteiger partial charge is 0.466 e. The Kier molecular flexibility index (Phi) is 7.29. The number of nitrogens with one attached hydrogen (secondary N) is 1. The molecule has 3 aromatic rings. The van der Waals surface area contributed by atoms with Crippen LogP contribution in [0.25, 0.3) is 10.9 Å². The van der Waals surface area contributed by atoms with Crippen molar-refractivity contribution < 1.29 is 32.2 Å². The lowest BCUT2D eigenvalue weighted by atomic mass is 10.2. The average molecular weight is 469 g/mol. The summed E-state index contributed by atoms with van der Waals surface area (Å²) in [5.41, 5.74) is 1.44. The number of carbonyl (C=O) groups excluding carboxylic acids is 2. The summed E-state index contributed by atoms with van der Waals surface area (Å²) < 4.78 is 48.2. The molecule has 6 nitrogen and oxygen atoms in total. The fourth-order valence-corrected chi connectivity index (χ4v) is 3.41. The van der Waals surface area contributed by atoms with Crippen LogP contribution in [-0.2, 0) is 16.1 Å².